The molecule has 1 nitrogen and oxygen atoms in total. The molecule has 0 N–H and O–H groups in total. The van der Waals surface area contributed by atoms with Gasteiger partial charge in [0.15, 0.2) is 4.34 Å². The van der Waals surface area contributed by atoms with Crippen molar-refractivity contribution >= 4 is 34.7 Å². The number of aromatic nitrogens is 1. The SMILES string of the molecule is Cc1csc(Sc2ccc(Cl)cc2)n1. The molecule has 1 aromatic heterocycles. The van der Waals surface area contributed by atoms with Crippen LogP contribution in [0.1, 0.15) is 5.69 Å². The van der Waals surface area contributed by atoms with Crippen LogP contribution in [0.2, 0.25) is 5.02 Å². The minimum absolute atomic E-state index is 0.768. The van der Waals surface area contributed by atoms with E-state index >= 15 is 0 Å². The second-order valence-corrected chi connectivity index (χ2v) is 5.43. The lowest BCUT2D eigenvalue weighted by atomic mass is 10.4. The summed E-state index contributed by atoms with van der Waals surface area (Å²) in [5, 5.41) is 2.82. The molecule has 0 saturated carbocycles. The summed E-state index contributed by atoms with van der Waals surface area (Å²) in [6, 6.07) is 7.79. The van der Waals surface area contributed by atoms with Crippen LogP contribution in [-0.2, 0) is 0 Å². The van der Waals surface area contributed by atoms with E-state index in [1.807, 2.05) is 31.2 Å². The van der Waals surface area contributed by atoms with E-state index in [2.05, 4.69) is 10.4 Å². The molecule has 0 fully saturated rings. The summed E-state index contributed by atoms with van der Waals surface area (Å²) in [6.45, 7) is 2.00. The van der Waals surface area contributed by atoms with Crippen molar-refractivity contribution in [1.82, 2.24) is 4.98 Å². The Balaban J connectivity index is 2.15. The third kappa shape index (κ3) is 2.50. The Kier molecular flexibility index (Phi) is 3.11. The topological polar surface area (TPSA) is 12.9 Å². The van der Waals surface area contributed by atoms with E-state index in [0.29, 0.717) is 0 Å². The largest absolute Gasteiger partial charge is 0.235 e. The van der Waals surface area contributed by atoms with Crippen LogP contribution in [0.15, 0.2) is 38.9 Å². The Morgan fingerprint density at radius 1 is 1.29 bits per heavy atom. The van der Waals surface area contributed by atoms with Crippen molar-refractivity contribution in [2.24, 2.45) is 0 Å². The fourth-order valence-corrected chi connectivity index (χ4v) is 2.92. The molecule has 1 aromatic carbocycles. The Labute approximate surface area is 96.1 Å². The molecule has 0 radical (unpaired) electrons. The zero-order chi connectivity index (χ0) is 9.97. The molecular formula is C10H8ClNS2. The minimum atomic E-state index is 0.768. The van der Waals surface area contributed by atoms with Crippen LogP contribution >= 0.6 is 34.7 Å². The molecule has 0 amide bonds. The molecule has 1 heterocycles. The number of aryl methyl sites for hydroxylation is 1. The highest BCUT2D eigenvalue weighted by molar-refractivity contribution is 8.01. The zero-order valence-corrected chi connectivity index (χ0v) is 9.92. The third-order valence-corrected chi connectivity index (χ3v) is 3.93. The van der Waals surface area contributed by atoms with Crippen molar-refractivity contribution in [2.75, 3.05) is 0 Å². The molecular weight excluding hydrogens is 234 g/mol. The van der Waals surface area contributed by atoms with Crippen molar-refractivity contribution in [3.8, 4) is 0 Å². The predicted molar refractivity (Wildman–Crippen MR) is 62.4 cm³/mol. The lowest BCUT2D eigenvalue weighted by Crippen LogP contribution is -1.73. The number of rotatable bonds is 2. The van der Waals surface area contributed by atoms with Gasteiger partial charge in [0.05, 0.1) is 0 Å². The van der Waals surface area contributed by atoms with Gasteiger partial charge in [0.2, 0.25) is 0 Å². The van der Waals surface area contributed by atoms with Gasteiger partial charge >= 0.3 is 0 Å². The maximum atomic E-state index is 5.80. The van der Waals surface area contributed by atoms with Gasteiger partial charge in [-0.1, -0.05) is 23.4 Å². The maximum absolute atomic E-state index is 5.80. The van der Waals surface area contributed by atoms with Gasteiger partial charge in [0, 0.05) is 21.0 Å². The van der Waals surface area contributed by atoms with E-state index in [4.69, 9.17) is 11.6 Å². The maximum Gasteiger partial charge on any atom is 0.154 e. The molecule has 0 bridgehead atoms. The van der Waals surface area contributed by atoms with E-state index in [1.54, 1.807) is 23.1 Å². The number of hydrogen-bond acceptors (Lipinski definition) is 3. The molecule has 14 heavy (non-hydrogen) atoms. The first-order valence-electron chi connectivity index (χ1n) is 4.09. The molecule has 0 spiro atoms. The number of thiazole rings is 1. The number of benzene rings is 1. The van der Waals surface area contributed by atoms with Crippen LogP contribution in [0.25, 0.3) is 0 Å². The molecule has 0 aliphatic heterocycles. The fraction of sp³-hybridized carbons (Fsp3) is 0.100. The fourth-order valence-electron chi connectivity index (χ4n) is 0.983. The van der Waals surface area contributed by atoms with Crippen LogP contribution in [0.3, 0.4) is 0 Å². The standard InChI is InChI=1S/C10H8ClNS2/c1-7-6-13-10(12-7)14-9-4-2-8(11)3-5-9/h2-6H,1H3. The van der Waals surface area contributed by atoms with Gasteiger partial charge in [-0.05, 0) is 31.2 Å². The van der Waals surface area contributed by atoms with E-state index in [9.17, 15) is 0 Å². The predicted octanol–water partition coefficient (Wildman–Crippen LogP) is 4.26. The number of hydrogen-bond donors (Lipinski definition) is 0. The number of nitrogens with zero attached hydrogens (tertiary/aromatic N) is 1. The highest BCUT2D eigenvalue weighted by Crippen LogP contribution is 2.30. The van der Waals surface area contributed by atoms with E-state index in [0.717, 1.165) is 15.1 Å². The first-order chi connectivity index (χ1) is 6.74. The summed E-state index contributed by atoms with van der Waals surface area (Å²) in [5.41, 5.74) is 1.08. The third-order valence-electron chi connectivity index (χ3n) is 1.62. The molecule has 4 heteroatoms. The lowest BCUT2D eigenvalue weighted by Gasteiger charge is -1.96. The van der Waals surface area contributed by atoms with E-state index in [-0.39, 0.29) is 0 Å². The Hall–Kier alpha value is -0.510. The summed E-state index contributed by atoms with van der Waals surface area (Å²) in [7, 11) is 0. The van der Waals surface area contributed by atoms with Crippen LogP contribution in [-0.4, -0.2) is 4.98 Å². The van der Waals surface area contributed by atoms with Gasteiger partial charge in [-0.3, -0.25) is 0 Å². The smallest absolute Gasteiger partial charge is 0.154 e. The van der Waals surface area contributed by atoms with Crippen molar-refractivity contribution in [1.29, 1.82) is 0 Å². The summed E-state index contributed by atoms with van der Waals surface area (Å²) in [6.07, 6.45) is 0. The van der Waals surface area contributed by atoms with Crippen LogP contribution in [0.5, 0.6) is 0 Å². The summed E-state index contributed by atoms with van der Waals surface area (Å²) in [5.74, 6) is 0. The molecule has 0 unspecified atom stereocenters. The van der Waals surface area contributed by atoms with Gasteiger partial charge in [-0.2, -0.15) is 0 Å². The molecule has 0 aliphatic carbocycles. The quantitative estimate of drug-likeness (QED) is 0.780. The molecule has 0 aliphatic rings. The highest BCUT2D eigenvalue weighted by Gasteiger charge is 2.01. The van der Waals surface area contributed by atoms with Gasteiger partial charge in [-0.15, -0.1) is 11.3 Å². The van der Waals surface area contributed by atoms with Crippen molar-refractivity contribution in [2.45, 2.75) is 16.2 Å². The van der Waals surface area contributed by atoms with Gasteiger partial charge < -0.3 is 0 Å². The Morgan fingerprint density at radius 3 is 2.57 bits per heavy atom. The summed E-state index contributed by atoms with van der Waals surface area (Å²) in [4.78, 5) is 5.55. The average Bonchev–Trinajstić information content (AvgIpc) is 2.56. The molecule has 0 atom stereocenters. The second kappa shape index (κ2) is 4.34. The van der Waals surface area contributed by atoms with E-state index < -0.39 is 0 Å². The zero-order valence-electron chi connectivity index (χ0n) is 7.53. The first-order valence-corrected chi connectivity index (χ1v) is 6.17. The molecule has 0 saturated heterocycles. The normalized spacial score (nSPS) is 10.4. The van der Waals surface area contributed by atoms with Crippen LogP contribution in [0, 0.1) is 6.92 Å². The average molecular weight is 242 g/mol. The Morgan fingerprint density at radius 2 is 2.00 bits per heavy atom. The molecule has 72 valence electrons. The van der Waals surface area contributed by atoms with Crippen LogP contribution < -0.4 is 0 Å². The van der Waals surface area contributed by atoms with Gasteiger partial charge in [0.25, 0.3) is 0 Å². The van der Waals surface area contributed by atoms with Gasteiger partial charge in [0.1, 0.15) is 0 Å². The molecule has 2 rings (SSSR count). The van der Waals surface area contributed by atoms with Gasteiger partial charge in [-0.25, -0.2) is 4.98 Å². The van der Waals surface area contributed by atoms with E-state index in [1.165, 1.54) is 4.90 Å². The monoisotopic (exact) mass is 241 g/mol. The highest BCUT2D eigenvalue weighted by atomic mass is 35.5. The number of halogens is 1. The first kappa shape index (κ1) is 10.0. The minimum Gasteiger partial charge on any atom is -0.235 e. The summed E-state index contributed by atoms with van der Waals surface area (Å²) >= 11 is 9.13. The second-order valence-electron chi connectivity index (χ2n) is 2.81. The lowest BCUT2D eigenvalue weighted by molar-refractivity contribution is 1.16. The van der Waals surface area contributed by atoms with Crippen molar-refractivity contribution < 1.29 is 0 Å². The summed E-state index contributed by atoms with van der Waals surface area (Å²) < 4.78 is 1.07. The van der Waals surface area contributed by atoms with Crippen LogP contribution in [0.4, 0.5) is 0 Å². The molecule has 2 aromatic rings. The Bertz CT molecular complexity index is 422. The van der Waals surface area contributed by atoms with Crippen molar-refractivity contribution in [3.63, 3.8) is 0 Å². The van der Waals surface area contributed by atoms with Crippen molar-refractivity contribution in [3.05, 3.63) is 40.4 Å².